The Hall–Kier alpha value is -6.18. The number of thiophene rings is 2. The van der Waals surface area contributed by atoms with Crippen LogP contribution in [-0.2, 0) is 48.4 Å². The van der Waals surface area contributed by atoms with Gasteiger partial charge in [-0.15, -0.1) is 22.7 Å². The van der Waals surface area contributed by atoms with Crippen LogP contribution in [0.25, 0.3) is 20.4 Å². The number of aryl methyl sites for hydroxylation is 2. The Morgan fingerprint density at radius 1 is 0.758 bits per heavy atom. The zero-order valence-corrected chi connectivity index (χ0v) is 36.3. The van der Waals surface area contributed by atoms with Crippen molar-refractivity contribution in [2.75, 3.05) is 52.0 Å². The van der Waals surface area contributed by atoms with Gasteiger partial charge >= 0.3 is 5.97 Å². The molecule has 318 valence electrons. The Kier molecular flexibility index (Phi) is 10.5. The van der Waals surface area contributed by atoms with Gasteiger partial charge in [-0.25, -0.2) is 29.9 Å². The van der Waals surface area contributed by atoms with Crippen LogP contribution in [0, 0.1) is 11.8 Å². The molecular formula is C43H44N12O5S2. The van der Waals surface area contributed by atoms with E-state index in [1.165, 1.54) is 16.8 Å². The lowest BCUT2D eigenvalue weighted by Gasteiger charge is -2.44. The molecule has 1 amide bonds. The first-order valence-electron chi connectivity index (χ1n) is 20.5. The number of ether oxygens (including phenoxy) is 2. The smallest absolute Gasteiger partial charge is 0.306 e. The van der Waals surface area contributed by atoms with Crippen molar-refractivity contribution in [3.05, 3.63) is 68.2 Å². The number of rotatable bonds is 9. The number of carbonyl (C=O) groups is 2. The number of methoxy groups -OCH3 is 2. The predicted molar refractivity (Wildman–Crippen MR) is 238 cm³/mol. The van der Waals surface area contributed by atoms with Gasteiger partial charge in [0.25, 0.3) is 0 Å². The van der Waals surface area contributed by atoms with E-state index in [4.69, 9.17) is 9.47 Å². The fourth-order valence-electron chi connectivity index (χ4n) is 8.83. The number of aliphatic imine (C=N–C) groups is 2. The van der Waals surface area contributed by atoms with Gasteiger partial charge in [0.2, 0.25) is 17.7 Å². The summed E-state index contributed by atoms with van der Waals surface area (Å²) in [6, 6.07) is 4.45. The number of aromatic nitrogens is 6. The summed E-state index contributed by atoms with van der Waals surface area (Å²) >= 11 is 3.23. The van der Waals surface area contributed by atoms with Gasteiger partial charge in [0.1, 0.15) is 45.3 Å². The summed E-state index contributed by atoms with van der Waals surface area (Å²) in [5.41, 5.74) is 7.64. The van der Waals surface area contributed by atoms with Gasteiger partial charge in [-0.05, 0) is 75.9 Å². The minimum absolute atomic E-state index is 0.0494. The number of likely N-dealkylation sites (N-methyl/N-ethyl adjacent to an activating group) is 1. The van der Waals surface area contributed by atoms with Gasteiger partial charge in [-0.3, -0.25) is 19.6 Å². The molecule has 0 spiro atoms. The van der Waals surface area contributed by atoms with Crippen LogP contribution in [0.5, 0.6) is 11.8 Å². The highest BCUT2D eigenvalue weighted by Crippen LogP contribution is 2.43. The summed E-state index contributed by atoms with van der Waals surface area (Å²) in [6.45, 7) is 2.81. The third-order valence-electron chi connectivity index (χ3n) is 12.3. The number of fused-ring (bicyclic) bond motifs is 8. The summed E-state index contributed by atoms with van der Waals surface area (Å²) in [6.07, 6.45) is 11.1. The lowest BCUT2D eigenvalue weighted by atomic mass is 9.86. The molecular weight excluding hydrogens is 829 g/mol. The maximum atomic E-state index is 13.1. The quantitative estimate of drug-likeness (QED) is 0.162. The summed E-state index contributed by atoms with van der Waals surface area (Å²) in [4.78, 5) is 68.5. The van der Waals surface area contributed by atoms with E-state index in [0.717, 1.165) is 97.2 Å². The van der Waals surface area contributed by atoms with Crippen molar-refractivity contribution in [2.24, 2.45) is 21.8 Å². The molecule has 0 saturated carbocycles. The zero-order chi connectivity index (χ0) is 42.6. The van der Waals surface area contributed by atoms with Crippen molar-refractivity contribution in [3.8, 4) is 11.8 Å². The molecule has 0 radical (unpaired) electrons. The predicted octanol–water partition coefficient (Wildman–Crippen LogP) is 5.61. The molecule has 2 atom stereocenters. The first kappa shape index (κ1) is 39.9. The Balaban J connectivity index is 0.000000151. The van der Waals surface area contributed by atoms with Crippen LogP contribution in [0.4, 0.5) is 23.0 Å². The van der Waals surface area contributed by atoms with Gasteiger partial charge in [-0.2, -0.15) is 0 Å². The number of aliphatic carboxylic acids is 1. The number of amides is 1. The molecule has 0 unspecified atom stereocenters. The number of nitrogens with one attached hydrogen (secondary N) is 2. The van der Waals surface area contributed by atoms with E-state index in [2.05, 4.69) is 69.5 Å². The normalized spacial score (nSPS) is 18.4. The molecule has 19 heteroatoms. The lowest BCUT2D eigenvalue weighted by Crippen LogP contribution is -2.60. The maximum Gasteiger partial charge on any atom is 0.306 e. The van der Waals surface area contributed by atoms with E-state index in [9.17, 15) is 14.7 Å². The molecule has 2 aliphatic carbocycles. The van der Waals surface area contributed by atoms with Crippen molar-refractivity contribution in [3.63, 3.8) is 0 Å². The molecule has 6 aromatic rings. The number of carbonyl (C=O) groups excluding carboxylic acids is 1. The highest BCUT2D eigenvalue weighted by molar-refractivity contribution is 7.19. The summed E-state index contributed by atoms with van der Waals surface area (Å²) in [5, 5.41) is 18.2. The van der Waals surface area contributed by atoms with Crippen molar-refractivity contribution < 1.29 is 24.2 Å². The second-order valence-corrected chi connectivity index (χ2v) is 18.4. The van der Waals surface area contributed by atoms with Crippen molar-refractivity contribution >= 4 is 90.4 Å². The molecule has 1 fully saturated rings. The molecule has 0 bridgehead atoms. The van der Waals surface area contributed by atoms with Gasteiger partial charge in [0.05, 0.1) is 55.4 Å². The lowest BCUT2D eigenvalue weighted by molar-refractivity contribution is -0.143. The molecule has 1 saturated heterocycles. The van der Waals surface area contributed by atoms with Gasteiger partial charge in [0.15, 0.2) is 0 Å². The highest BCUT2D eigenvalue weighted by atomic mass is 32.1. The number of likely N-dealkylation sites (tertiary alicyclic amines) is 1. The van der Waals surface area contributed by atoms with E-state index < -0.39 is 5.97 Å². The van der Waals surface area contributed by atoms with Crippen LogP contribution >= 0.6 is 22.7 Å². The van der Waals surface area contributed by atoms with Gasteiger partial charge in [0, 0.05) is 58.4 Å². The van der Waals surface area contributed by atoms with Crippen molar-refractivity contribution in [2.45, 2.75) is 57.7 Å². The Labute approximate surface area is 364 Å². The third kappa shape index (κ3) is 7.26. The van der Waals surface area contributed by atoms with Crippen LogP contribution in [0.2, 0.25) is 0 Å². The van der Waals surface area contributed by atoms with Crippen LogP contribution in [0.15, 0.2) is 34.8 Å². The first-order chi connectivity index (χ1) is 30.1. The van der Waals surface area contributed by atoms with E-state index in [1.807, 2.05) is 23.2 Å². The first-order valence-corrected chi connectivity index (χ1v) is 22.2. The fourth-order valence-corrected chi connectivity index (χ4v) is 11.4. The molecule has 17 nitrogen and oxygen atoms in total. The molecule has 11 rings (SSSR count). The van der Waals surface area contributed by atoms with E-state index in [-0.39, 0.29) is 11.8 Å². The summed E-state index contributed by atoms with van der Waals surface area (Å²) < 4.78 is 11.0. The van der Waals surface area contributed by atoms with Crippen molar-refractivity contribution in [1.82, 2.24) is 39.7 Å². The Morgan fingerprint density at radius 2 is 1.26 bits per heavy atom. The topological polar surface area (TPSA) is 205 Å². The molecule has 0 aromatic carbocycles. The number of nitrogens with zero attached hydrogens (tertiary/aromatic N) is 10. The monoisotopic (exact) mass is 872 g/mol. The largest absolute Gasteiger partial charge is 0.481 e. The Bertz CT molecular complexity index is 2830. The molecule has 5 aliphatic rings. The van der Waals surface area contributed by atoms with Gasteiger partial charge < -0.3 is 35.0 Å². The fraction of sp³-hybridized carbons (Fsp3) is 0.395. The Morgan fingerprint density at radius 3 is 1.74 bits per heavy atom. The molecule has 3 aliphatic heterocycles. The van der Waals surface area contributed by atoms with Gasteiger partial charge in [-0.1, -0.05) is 0 Å². The SMILES string of the molecule is COc1nc2c(cc1Nc1ncnc3sc4c(c13)CC[C@H](C(=O)N1CC(N(C)C)C1)C4)C=NC2.COc1nc2c(cc1Nc1ncnc3sc4c(c13)CC[C@H](C(=O)O)C4)C=NC2. The van der Waals surface area contributed by atoms with Crippen LogP contribution in [-0.4, -0.2) is 117 Å². The minimum atomic E-state index is -0.733. The number of hydrogen-bond acceptors (Lipinski definition) is 17. The minimum Gasteiger partial charge on any atom is -0.481 e. The van der Waals surface area contributed by atoms with Crippen molar-refractivity contribution in [1.29, 1.82) is 0 Å². The summed E-state index contributed by atoms with van der Waals surface area (Å²) in [5.74, 6) is 1.73. The van der Waals surface area contributed by atoms with E-state index in [1.54, 1.807) is 49.4 Å². The molecule has 3 N–H and O–H groups in total. The molecule has 62 heavy (non-hydrogen) atoms. The average Bonchev–Trinajstić information content (AvgIpc) is 4.07. The third-order valence-corrected chi connectivity index (χ3v) is 14.7. The molecule has 9 heterocycles. The second-order valence-electron chi connectivity index (χ2n) is 16.2. The highest BCUT2D eigenvalue weighted by Gasteiger charge is 2.38. The van der Waals surface area contributed by atoms with Crippen LogP contribution < -0.4 is 20.1 Å². The molecule has 6 aromatic heterocycles. The second kappa shape index (κ2) is 16.3. The zero-order valence-electron chi connectivity index (χ0n) is 34.6. The maximum absolute atomic E-state index is 13.1. The van der Waals surface area contributed by atoms with Crippen LogP contribution in [0.3, 0.4) is 0 Å². The number of carboxylic acids is 1. The number of carboxylic acid groups (broad SMARTS) is 1. The average molecular weight is 873 g/mol. The number of pyridine rings is 2. The summed E-state index contributed by atoms with van der Waals surface area (Å²) in [7, 11) is 7.36. The van der Waals surface area contributed by atoms with E-state index >= 15 is 0 Å². The van der Waals surface area contributed by atoms with E-state index in [0.29, 0.717) is 67.6 Å². The number of anilines is 4. The number of hydrogen-bond donors (Lipinski definition) is 3. The standard InChI is InChI=1S/C24H27N7O2S.C19H17N5O3S/c1-30(2)15-10-31(11-15)24(32)13-4-5-16-19(7-13)34-23-20(16)21(26-12-27-23)28-17-6-14-8-25-9-18(14)29-22(17)33-3;1-27-17-12(4-10-6-20-7-13(10)24-17)23-16-15-11-3-2-9(19(25)26)5-14(11)28-18(15)22-8-21-16/h6,8,12-13,15H,4-5,7,9-11H2,1-3H3,(H,26,27,28);4,6,8-9H,2-3,5,7H2,1H3,(H,25,26)(H,21,22,23)/t13-;9-/m00/s1. The van der Waals surface area contributed by atoms with Crippen LogP contribution in [0.1, 0.15) is 56.2 Å².